The van der Waals surface area contributed by atoms with Gasteiger partial charge in [-0.2, -0.15) is 0 Å². The molecule has 0 amide bonds. The minimum Gasteiger partial charge on any atom is -0.313 e. The quantitative estimate of drug-likeness (QED) is 0.806. The Balaban J connectivity index is 1.81. The summed E-state index contributed by atoms with van der Waals surface area (Å²) in [7, 11) is 0. The molecule has 0 spiro atoms. The number of hydrogen-bond donors (Lipinski definition) is 1. The van der Waals surface area contributed by atoms with Gasteiger partial charge in [0.15, 0.2) is 0 Å². The van der Waals surface area contributed by atoms with E-state index in [1.807, 2.05) is 0 Å². The van der Waals surface area contributed by atoms with Gasteiger partial charge in [0.25, 0.3) is 0 Å². The van der Waals surface area contributed by atoms with Crippen LogP contribution in [0.1, 0.15) is 65.2 Å². The van der Waals surface area contributed by atoms with Crippen LogP contribution < -0.4 is 5.32 Å². The van der Waals surface area contributed by atoms with E-state index in [1.165, 1.54) is 71.0 Å². The standard InChI is InChI=1S/C16H32N2/c1-3-14-10-11-17-15(12-14)13-18(4-2)16-8-6-5-7-9-16/h14-17H,3-13H2,1-2H3. The second-order valence-corrected chi connectivity index (χ2v) is 6.33. The molecular weight excluding hydrogens is 220 g/mol. The summed E-state index contributed by atoms with van der Waals surface area (Å²) in [4.78, 5) is 2.76. The maximum absolute atomic E-state index is 3.75. The van der Waals surface area contributed by atoms with Crippen molar-refractivity contribution >= 4 is 0 Å². The van der Waals surface area contributed by atoms with Crippen molar-refractivity contribution in [2.45, 2.75) is 77.3 Å². The van der Waals surface area contributed by atoms with Crippen molar-refractivity contribution in [2.24, 2.45) is 5.92 Å². The topological polar surface area (TPSA) is 15.3 Å². The third kappa shape index (κ3) is 3.96. The van der Waals surface area contributed by atoms with E-state index in [0.717, 1.165) is 18.0 Å². The molecule has 0 bridgehead atoms. The van der Waals surface area contributed by atoms with Gasteiger partial charge in [0, 0.05) is 18.6 Å². The summed E-state index contributed by atoms with van der Waals surface area (Å²) in [5.41, 5.74) is 0. The molecule has 0 aromatic carbocycles. The van der Waals surface area contributed by atoms with Gasteiger partial charge in [-0.3, -0.25) is 4.90 Å². The molecule has 106 valence electrons. The van der Waals surface area contributed by atoms with Crippen molar-refractivity contribution < 1.29 is 0 Å². The van der Waals surface area contributed by atoms with E-state index >= 15 is 0 Å². The average Bonchev–Trinajstić information content (AvgIpc) is 2.46. The summed E-state index contributed by atoms with van der Waals surface area (Å²) < 4.78 is 0. The SMILES string of the molecule is CCC1CCNC(CN(CC)C2CCCCC2)C1. The molecule has 2 rings (SSSR count). The number of piperidine rings is 1. The maximum Gasteiger partial charge on any atom is 0.0197 e. The zero-order chi connectivity index (χ0) is 12.8. The van der Waals surface area contributed by atoms with Crippen LogP contribution >= 0.6 is 0 Å². The molecule has 2 nitrogen and oxygen atoms in total. The van der Waals surface area contributed by atoms with E-state index < -0.39 is 0 Å². The second kappa shape index (κ2) is 7.49. The summed E-state index contributed by atoms with van der Waals surface area (Å²) >= 11 is 0. The van der Waals surface area contributed by atoms with Gasteiger partial charge in [0.05, 0.1) is 0 Å². The Labute approximate surface area is 114 Å². The number of nitrogens with one attached hydrogen (secondary N) is 1. The van der Waals surface area contributed by atoms with Gasteiger partial charge in [-0.15, -0.1) is 0 Å². The molecule has 0 aromatic heterocycles. The van der Waals surface area contributed by atoms with Gasteiger partial charge in [-0.05, 0) is 44.7 Å². The Morgan fingerprint density at radius 2 is 1.83 bits per heavy atom. The van der Waals surface area contributed by atoms with Crippen molar-refractivity contribution in [3.63, 3.8) is 0 Å². The third-order valence-corrected chi connectivity index (χ3v) is 5.13. The molecule has 1 saturated carbocycles. The van der Waals surface area contributed by atoms with Crippen molar-refractivity contribution in [1.29, 1.82) is 0 Å². The summed E-state index contributed by atoms with van der Waals surface area (Å²) in [5, 5.41) is 3.75. The molecule has 2 unspecified atom stereocenters. The van der Waals surface area contributed by atoms with E-state index in [2.05, 4.69) is 24.1 Å². The van der Waals surface area contributed by atoms with Crippen LogP contribution in [0.4, 0.5) is 0 Å². The largest absolute Gasteiger partial charge is 0.313 e. The minimum absolute atomic E-state index is 0.755. The molecule has 0 radical (unpaired) electrons. The fourth-order valence-corrected chi connectivity index (χ4v) is 3.87. The van der Waals surface area contributed by atoms with Crippen molar-refractivity contribution in [3.8, 4) is 0 Å². The lowest BCUT2D eigenvalue weighted by molar-refractivity contribution is 0.132. The van der Waals surface area contributed by atoms with Crippen LogP contribution in [0.5, 0.6) is 0 Å². The first-order valence-electron chi connectivity index (χ1n) is 8.30. The smallest absolute Gasteiger partial charge is 0.0197 e. The summed E-state index contributed by atoms with van der Waals surface area (Å²) in [6, 6.07) is 1.64. The zero-order valence-electron chi connectivity index (χ0n) is 12.5. The van der Waals surface area contributed by atoms with Gasteiger partial charge in [-0.25, -0.2) is 0 Å². The summed E-state index contributed by atoms with van der Waals surface area (Å²) in [6.45, 7) is 8.46. The van der Waals surface area contributed by atoms with Crippen LogP contribution in [0, 0.1) is 5.92 Å². The Morgan fingerprint density at radius 1 is 1.06 bits per heavy atom. The Bertz CT molecular complexity index is 223. The number of likely N-dealkylation sites (N-methyl/N-ethyl adjacent to an activating group) is 1. The predicted octanol–water partition coefficient (Wildman–Crippen LogP) is 3.42. The Kier molecular flexibility index (Phi) is 5.97. The molecule has 1 aliphatic heterocycles. The van der Waals surface area contributed by atoms with Crippen LogP contribution in [0.3, 0.4) is 0 Å². The zero-order valence-corrected chi connectivity index (χ0v) is 12.5. The molecule has 1 N–H and O–H groups in total. The number of rotatable bonds is 5. The molecule has 2 aliphatic rings. The van der Waals surface area contributed by atoms with Gasteiger partial charge >= 0.3 is 0 Å². The van der Waals surface area contributed by atoms with Crippen molar-refractivity contribution in [1.82, 2.24) is 10.2 Å². The fraction of sp³-hybridized carbons (Fsp3) is 1.00. The highest BCUT2D eigenvalue weighted by Crippen LogP contribution is 2.25. The van der Waals surface area contributed by atoms with Gasteiger partial charge in [0.1, 0.15) is 0 Å². The molecule has 1 saturated heterocycles. The monoisotopic (exact) mass is 252 g/mol. The third-order valence-electron chi connectivity index (χ3n) is 5.13. The summed E-state index contributed by atoms with van der Waals surface area (Å²) in [5.74, 6) is 0.973. The average molecular weight is 252 g/mol. The lowest BCUT2D eigenvalue weighted by atomic mass is 9.89. The first-order chi connectivity index (χ1) is 8.83. The normalized spacial score (nSPS) is 30.8. The molecule has 2 fully saturated rings. The number of nitrogens with zero attached hydrogens (tertiary/aromatic N) is 1. The molecule has 2 heteroatoms. The van der Waals surface area contributed by atoms with E-state index in [4.69, 9.17) is 0 Å². The highest BCUT2D eigenvalue weighted by Gasteiger charge is 2.25. The lowest BCUT2D eigenvalue weighted by Gasteiger charge is -2.38. The lowest BCUT2D eigenvalue weighted by Crippen LogP contribution is -2.49. The molecule has 0 aromatic rings. The first-order valence-corrected chi connectivity index (χ1v) is 8.30. The van der Waals surface area contributed by atoms with Crippen LogP contribution in [0.2, 0.25) is 0 Å². The second-order valence-electron chi connectivity index (χ2n) is 6.33. The van der Waals surface area contributed by atoms with Crippen molar-refractivity contribution in [3.05, 3.63) is 0 Å². The highest BCUT2D eigenvalue weighted by molar-refractivity contribution is 4.83. The van der Waals surface area contributed by atoms with E-state index in [-0.39, 0.29) is 0 Å². The summed E-state index contributed by atoms with van der Waals surface area (Å²) in [6.07, 6.45) is 11.4. The highest BCUT2D eigenvalue weighted by atomic mass is 15.2. The molecular formula is C16H32N2. The van der Waals surface area contributed by atoms with Gasteiger partial charge in [0.2, 0.25) is 0 Å². The van der Waals surface area contributed by atoms with Crippen LogP contribution in [0.15, 0.2) is 0 Å². The van der Waals surface area contributed by atoms with Crippen LogP contribution in [-0.2, 0) is 0 Å². The van der Waals surface area contributed by atoms with Gasteiger partial charge < -0.3 is 5.32 Å². The minimum atomic E-state index is 0.755. The Morgan fingerprint density at radius 3 is 2.50 bits per heavy atom. The Hall–Kier alpha value is -0.0800. The van der Waals surface area contributed by atoms with Crippen molar-refractivity contribution in [2.75, 3.05) is 19.6 Å². The molecule has 1 heterocycles. The number of hydrogen-bond acceptors (Lipinski definition) is 2. The molecule has 1 aliphatic carbocycles. The van der Waals surface area contributed by atoms with Gasteiger partial charge in [-0.1, -0.05) is 39.5 Å². The molecule has 18 heavy (non-hydrogen) atoms. The fourth-order valence-electron chi connectivity index (χ4n) is 3.87. The van der Waals surface area contributed by atoms with E-state index in [9.17, 15) is 0 Å². The molecule has 2 atom stereocenters. The van der Waals surface area contributed by atoms with Crippen LogP contribution in [0.25, 0.3) is 0 Å². The van der Waals surface area contributed by atoms with E-state index in [1.54, 1.807) is 0 Å². The maximum atomic E-state index is 3.75. The van der Waals surface area contributed by atoms with E-state index in [0.29, 0.717) is 0 Å². The van der Waals surface area contributed by atoms with Crippen LogP contribution in [-0.4, -0.2) is 36.6 Å². The predicted molar refractivity (Wildman–Crippen MR) is 78.9 cm³/mol. The first kappa shape index (κ1) is 14.3.